The highest BCUT2D eigenvalue weighted by Gasteiger charge is 2.19. The van der Waals surface area contributed by atoms with Crippen LogP contribution < -0.4 is 4.74 Å². The van der Waals surface area contributed by atoms with E-state index in [-0.39, 0.29) is 24.3 Å². The van der Waals surface area contributed by atoms with Gasteiger partial charge in [-0.15, -0.1) is 0 Å². The first-order chi connectivity index (χ1) is 8.47. The summed E-state index contributed by atoms with van der Waals surface area (Å²) >= 11 is 0. The van der Waals surface area contributed by atoms with Gasteiger partial charge in [0.1, 0.15) is 0 Å². The molecule has 0 unspecified atom stereocenters. The van der Waals surface area contributed by atoms with E-state index in [2.05, 4.69) is 0 Å². The van der Waals surface area contributed by atoms with Crippen LogP contribution in [-0.2, 0) is 0 Å². The van der Waals surface area contributed by atoms with Crippen molar-refractivity contribution in [3.8, 4) is 5.75 Å². The van der Waals surface area contributed by atoms with Crippen LogP contribution in [0, 0.1) is 11.6 Å². The highest BCUT2D eigenvalue weighted by molar-refractivity contribution is 5.96. The molecule has 0 saturated heterocycles. The molecule has 0 saturated carbocycles. The molecular weight excluding hydrogens is 240 g/mol. The van der Waals surface area contributed by atoms with Crippen LogP contribution >= 0.6 is 0 Å². The molecule has 1 aromatic rings. The molecular formula is C13H17F2NO2. The summed E-state index contributed by atoms with van der Waals surface area (Å²) in [5.41, 5.74) is -0.224. The minimum absolute atomic E-state index is 0.150. The van der Waals surface area contributed by atoms with Crippen molar-refractivity contribution in [2.45, 2.75) is 13.3 Å². The Morgan fingerprint density at radius 2 is 1.94 bits per heavy atom. The van der Waals surface area contributed by atoms with Crippen LogP contribution in [0.4, 0.5) is 8.78 Å². The van der Waals surface area contributed by atoms with Crippen molar-refractivity contribution in [1.82, 2.24) is 4.90 Å². The molecule has 1 rings (SSSR count). The van der Waals surface area contributed by atoms with Crippen molar-refractivity contribution in [3.05, 3.63) is 29.3 Å². The molecule has 0 aliphatic rings. The van der Waals surface area contributed by atoms with Gasteiger partial charge in [-0.3, -0.25) is 4.79 Å². The van der Waals surface area contributed by atoms with Crippen molar-refractivity contribution < 1.29 is 18.3 Å². The highest BCUT2D eigenvalue weighted by Crippen LogP contribution is 2.23. The van der Waals surface area contributed by atoms with Crippen LogP contribution in [0.2, 0.25) is 0 Å². The second-order valence-corrected chi connectivity index (χ2v) is 4.15. The van der Waals surface area contributed by atoms with Gasteiger partial charge in [0, 0.05) is 13.0 Å². The summed E-state index contributed by atoms with van der Waals surface area (Å²) in [6.07, 6.45) is 0.150. The second kappa shape index (κ2) is 6.44. The lowest BCUT2D eigenvalue weighted by molar-refractivity contribution is 0.0967. The minimum Gasteiger partial charge on any atom is -0.491 e. The number of hydrogen-bond donors (Lipinski definition) is 0. The van der Waals surface area contributed by atoms with Crippen molar-refractivity contribution in [2.75, 3.05) is 27.2 Å². The predicted octanol–water partition coefficient (Wildman–Crippen LogP) is 2.50. The topological polar surface area (TPSA) is 29.5 Å². The molecule has 1 aromatic carbocycles. The smallest absolute Gasteiger partial charge is 0.201 e. The normalized spacial score (nSPS) is 10.8. The van der Waals surface area contributed by atoms with Crippen molar-refractivity contribution >= 4 is 5.78 Å². The predicted molar refractivity (Wildman–Crippen MR) is 65.0 cm³/mol. The van der Waals surface area contributed by atoms with Gasteiger partial charge in [0.25, 0.3) is 0 Å². The first-order valence-electron chi connectivity index (χ1n) is 5.76. The molecule has 0 N–H and O–H groups in total. The van der Waals surface area contributed by atoms with Gasteiger partial charge in [-0.05, 0) is 33.2 Å². The maximum absolute atomic E-state index is 13.7. The Balaban J connectivity index is 2.90. The number of nitrogens with zero attached hydrogens (tertiary/aromatic N) is 1. The van der Waals surface area contributed by atoms with E-state index in [0.717, 1.165) is 0 Å². The molecule has 0 atom stereocenters. The van der Waals surface area contributed by atoms with E-state index in [1.54, 1.807) is 11.8 Å². The third kappa shape index (κ3) is 3.50. The van der Waals surface area contributed by atoms with Gasteiger partial charge in [0.05, 0.1) is 12.2 Å². The number of rotatable bonds is 6. The maximum Gasteiger partial charge on any atom is 0.201 e. The van der Waals surface area contributed by atoms with Gasteiger partial charge in [-0.1, -0.05) is 0 Å². The summed E-state index contributed by atoms with van der Waals surface area (Å²) in [4.78, 5) is 13.5. The molecule has 0 aliphatic heterocycles. The summed E-state index contributed by atoms with van der Waals surface area (Å²) in [6.45, 7) is 2.41. The van der Waals surface area contributed by atoms with E-state index in [0.29, 0.717) is 6.54 Å². The molecule has 0 heterocycles. The summed E-state index contributed by atoms with van der Waals surface area (Å²) in [7, 11) is 3.62. The van der Waals surface area contributed by atoms with Crippen LogP contribution in [0.5, 0.6) is 5.75 Å². The van der Waals surface area contributed by atoms with Gasteiger partial charge in [0.15, 0.2) is 17.3 Å². The van der Waals surface area contributed by atoms with E-state index in [9.17, 15) is 13.6 Å². The van der Waals surface area contributed by atoms with Gasteiger partial charge in [0.2, 0.25) is 5.82 Å². The number of Topliss-reactive ketones (excluding diaryl/α,β-unsaturated/α-hetero) is 1. The average molecular weight is 257 g/mol. The molecule has 0 radical (unpaired) electrons. The van der Waals surface area contributed by atoms with E-state index in [1.807, 2.05) is 14.1 Å². The van der Waals surface area contributed by atoms with Gasteiger partial charge < -0.3 is 9.64 Å². The molecule has 0 bridgehead atoms. The van der Waals surface area contributed by atoms with Crippen LogP contribution in [-0.4, -0.2) is 37.9 Å². The first kappa shape index (κ1) is 14.6. The molecule has 18 heavy (non-hydrogen) atoms. The molecule has 0 amide bonds. The zero-order valence-electron chi connectivity index (χ0n) is 10.8. The van der Waals surface area contributed by atoms with E-state index >= 15 is 0 Å². The third-order valence-corrected chi connectivity index (χ3v) is 2.43. The molecule has 0 fully saturated rings. The summed E-state index contributed by atoms with van der Waals surface area (Å²) < 4.78 is 32.1. The molecule has 5 heteroatoms. The Morgan fingerprint density at radius 1 is 1.28 bits per heavy atom. The summed E-state index contributed by atoms with van der Waals surface area (Å²) in [5.74, 6) is -2.82. The zero-order valence-corrected chi connectivity index (χ0v) is 10.8. The van der Waals surface area contributed by atoms with Crippen molar-refractivity contribution in [2.24, 2.45) is 0 Å². The Morgan fingerprint density at radius 3 is 2.50 bits per heavy atom. The summed E-state index contributed by atoms with van der Waals surface area (Å²) in [5, 5.41) is 0. The van der Waals surface area contributed by atoms with Crippen LogP contribution in [0.1, 0.15) is 23.7 Å². The van der Waals surface area contributed by atoms with Crippen molar-refractivity contribution in [3.63, 3.8) is 0 Å². The van der Waals surface area contributed by atoms with Gasteiger partial charge in [-0.2, -0.15) is 4.39 Å². The zero-order chi connectivity index (χ0) is 13.7. The standard InChI is InChI=1S/C13H17F2NO2/c1-4-18-11-6-5-9(12(14)13(11)15)10(17)7-8-16(2)3/h5-6H,4,7-8H2,1-3H3. The average Bonchev–Trinajstić information content (AvgIpc) is 2.32. The minimum atomic E-state index is -1.13. The third-order valence-electron chi connectivity index (χ3n) is 2.43. The Hall–Kier alpha value is -1.49. The van der Waals surface area contributed by atoms with E-state index in [4.69, 9.17) is 4.74 Å². The molecule has 0 aliphatic carbocycles. The van der Waals surface area contributed by atoms with Crippen LogP contribution in [0.25, 0.3) is 0 Å². The van der Waals surface area contributed by atoms with Crippen LogP contribution in [0.3, 0.4) is 0 Å². The van der Waals surface area contributed by atoms with Crippen LogP contribution in [0.15, 0.2) is 12.1 Å². The quantitative estimate of drug-likeness (QED) is 0.733. The van der Waals surface area contributed by atoms with Gasteiger partial charge in [-0.25, -0.2) is 4.39 Å². The highest BCUT2D eigenvalue weighted by atomic mass is 19.2. The Labute approximate surface area is 105 Å². The number of ether oxygens (including phenoxy) is 1. The monoisotopic (exact) mass is 257 g/mol. The SMILES string of the molecule is CCOc1ccc(C(=O)CCN(C)C)c(F)c1F. The number of halogens is 2. The molecule has 3 nitrogen and oxygen atoms in total. The fraction of sp³-hybridized carbons (Fsp3) is 0.462. The second-order valence-electron chi connectivity index (χ2n) is 4.15. The Bertz CT molecular complexity index is 433. The Kier molecular flexibility index (Phi) is 5.22. The number of benzene rings is 1. The van der Waals surface area contributed by atoms with Gasteiger partial charge >= 0.3 is 0 Å². The number of carbonyl (C=O) groups excluding carboxylic acids is 1. The maximum atomic E-state index is 13.7. The molecule has 0 aromatic heterocycles. The fourth-order valence-corrected chi connectivity index (χ4v) is 1.47. The van der Waals surface area contributed by atoms with E-state index in [1.165, 1.54) is 12.1 Å². The molecule has 0 spiro atoms. The molecule has 100 valence electrons. The fourth-order valence-electron chi connectivity index (χ4n) is 1.47. The van der Waals surface area contributed by atoms with Crippen molar-refractivity contribution in [1.29, 1.82) is 0 Å². The number of hydrogen-bond acceptors (Lipinski definition) is 3. The number of ketones is 1. The number of carbonyl (C=O) groups is 1. The van der Waals surface area contributed by atoms with E-state index < -0.39 is 17.4 Å². The first-order valence-corrected chi connectivity index (χ1v) is 5.76. The summed E-state index contributed by atoms with van der Waals surface area (Å²) in [6, 6.07) is 2.55. The largest absolute Gasteiger partial charge is 0.491 e. The lowest BCUT2D eigenvalue weighted by Crippen LogP contribution is -2.17. The lowest BCUT2D eigenvalue weighted by atomic mass is 10.1. The lowest BCUT2D eigenvalue weighted by Gasteiger charge is -2.10.